The predicted molar refractivity (Wildman–Crippen MR) is 100 cm³/mol. The number of hydrogen-bond acceptors (Lipinski definition) is 6. The number of hydrogen-bond donors (Lipinski definition) is 1. The summed E-state index contributed by atoms with van der Waals surface area (Å²) < 4.78 is 17.5. The second kappa shape index (κ2) is 9.22. The first-order valence-corrected chi connectivity index (χ1v) is 9.93. The van der Waals surface area contributed by atoms with E-state index >= 15 is 0 Å². The van der Waals surface area contributed by atoms with Crippen molar-refractivity contribution in [3.63, 3.8) is 0 Å². The molecule has 1 aromatic carbocycles. The van der Waals surface area contributed by atoms with E-state index in [0.29, 0.717) is 25.0 Å². The standard InChI is InChI=1S/C21H29NO5/c1-14-19(27-20(23)15-8-5-6-9-15)18(26-16-10-3-2-4-11-16)13-7-12-17(22)21(24)25-14/h2-4,10-11,14-15,17-19H,5-9,12-13,22H2,1H3/t14-,17-,18-,19-/m0/s1. The Kier molecular flexibility index (Phi) is 6.72. The van der Waals surface area contributed by atoms with Crippen molar-refractivity contribution in [2.24, 2.45) is 11.7 Å². The highest BCUT2D eigenvalue weighted by atomic mass is 16.6. The maximum absolute atomic E-state index is 12.6. The maximum atomic E-state index is 12.6. The van der Waals surface area contributed by atoms with Gasteiger partial charge in [-0.25, -0.2) is 0 Å². The van der Waals surface area contributed by atoms with E-state index in [9.17, 15) is 9.59 Å². The molecular weight excluding hydrogens is 346 g/mol. The molecule has 0 radical (unpaired) electrons. The number of esters is 2. The zero-order valence-corrected chi connectivity index (χ0v) is 15.8. The van der Waals surface area contributed by atoms with Crippen LogP contribution in [-0.2, 0) is 19.1 Å². The second-order valence-electron chi connectivity index (χ2n) is 7.53. The zero-order valence-electron chi connectivity index (χ0n) is 15.8. The highest BCUT2D eigenvalue weighted by molar-refractivity contribution is 5.76. The van der Waals surface area contributed by atoms with E-state index in [1.165, 1.54) is 0 Å². The summed E-state index contributed by atoms with van der Waals surface area (Å²) in [5.41, 5.74) is 5.90. The Hall–Kier alpha value is -2.08. The van der Waals surface area contributed by atoms with E-state index in [0.717, 1.165) is 25.7 Å². The van der Waals surface area contributed by atoms with Crippen LogP contribution < -0.4 is 10.5 Å². The van der Waals surface area contributed by atoms with Crippen molar-refractivity contribution in [3.8, 4) is 5.75 Å². The summed E-state index contributed by atoms with van der Waals surface area (Å²) in [7, 11) is 0. The molecule has 0 spiro atoms. The minimum atomic E-state index is -0.660. The molecule has 4 atom stereocenters. The monoisotopic (exact) mass is 375 g/mol. The first-order valence-electron chi connectivity index (χ1n) is 9.93. The van der Waals surface area contributed by atoms with Crippen molar-refractivity contribution in [1.29, 1.82) is 0 Å². The quantitative estimate of drug-likeness (QED) is 0.814. The van der Waals surface area contributed by atoms with E-state index in [1.54, 1.807) is 6.92 Å². The summed E-state index contributed by atoms with van der Waals surface area (Å²) in [6.07, 6.45) is 3.97. The third-order valence-electron chi connectivity index (χ3n) is 5.41. The zero-order chi connectivity index (χ0) is 19.2. The van der Waals surface area contributed by atoms with E-state index in [2.05, 4.69) is 0 Å². The van der Waals surface area contributed by atoms with Crippen LogP contribution in [0.2, 0.25) is 0 Å². The molecule has 1 saturated heterocycles. The molecule has 1 aliphatic heterocycles. The minimum absolute atomic E-state index is 0.0693. The lowest BCUT2D eigenvalue weighted by molar-refractivity contribution is -0.177. The Morgan fingerprint density at radius 1 is 1.07 bits per heavy atom. The Morgan fingerprint density at radius 3 is 2.48 bits per heavy atom. The first kappa shape index (κ1) is 19.7. The number of carbonyl (C=O) groups excluding carboxylic acids is 2. The van der Waals surface area contributed by atoms with Gasteiger partial charge in [-0.3, -0.25) is 9.59 Å². The summed E-state index contributed by atoms with van der Waals surface area (Å²) in [6, 6.07) is 8.77. The SMILES string of the molecule is C[C@@H]1OC(=O)[C@@H](N)CCC[C@H](Oc2ccccc2)[C@H]1OC(=O)C1CCCC1. The topological polar surface area (TPSA) is 87.8 Å². The highest BCUT2D eigenvalue weighted by Gasteiger charge is 2.38. The first-order chi connectivity index (χ1) is 13.0. The van der Waals surface area contributed by atoms with Crippen molar-refractivity contribution in [1.82, 2.24) is 0 Å². The Balaban J connectivity index is 1.79. The summed E-state index contributed by atoms with van der Waals surface area (Å²) in [5, 5.41) is 0. The molecule has 0 amide bonds. The van der Waals surface area contributed by atoms with Gasteiger partial charge in [0, 0.05) is 0 Å². The van der Waals surface area contributed by atoms with Gasteiger partial charge in [-0.15, -0.1) is 0 Å². The maximum Gasteiger partial charge on any atom is 0.323 e. The molecule has 2 N–H and O–H groups in total. The average Bonchev–Trinajstić information content (AvgIpc) is 3.20. The van der Waals surface area contributed by atoms with Gasteiger partial charge in [0.25, 0.3) is 0 Å². The molecule has 6 heteroatoms. The molecule has 2 fully saturated rings. The summed E-state index contributed by atoms with van der Waals surface area (Å²) in [4.78, 5) is 24.8. The van der Waals surface area contributed by atoms with E-state index in [4.69, 9.17) is 19.9 Å². The van der Waals surface area contributed by atoms with E-state index in [1.807, 2.05) is 30.3 Å². The van der Waals surface area contributed by atoms with Crippen molar-refractivity contribution < 1.29 is 23.8 Å². The average molecular weight is 375 g/mol. The number of benzene rings is 1. The van der Waals surface area contributed by atoms with Crippen molar-refractivity contribution in [2.45, 2.75) is 76.2 Å². The van der Waals surface area contributed by atoms with E-state index in [-0.39, 0.29) is 11.9 Å². The molecule has 6 nitrogen and oxygen atoms in total. The summed E-state index contributed by atoms with van der Waals surface area (Å²) in [6.45, 7) is 1.74. The molecule has 1 aromatic rings. The smallest absolute Gasteiger partial charge is 0.323 e. The van der Waals surface area contributed by atoms with Gasteiger partial charge in [-0.05, 0) is 51.2 Å². The van der Waals surface area contributed by atoms with Gasteiger partial charge in [0.05, 0.1) is 5.92 Å². The highest BCUT2D eigenvalue weighted by Crippen LogP contribution is 2.29. The van der Waals surface area contributed by atoms with Gasteiger partial charge < -0.3 is 19.9 Å². The molecule has 1 heterocycles. The van der Waals surface area contributed by atoms with Crippen molar-refractivity contribution >= 4 is 11.9 Å². The van der Waals surface area contributed by atoms with Gasteiger partial charge in [-0.2, -0.15) is 0 Å². The van der Waals surface area contributed by atoms with Crippen LogP contribution in [0.5, 0.6) is 5.75 Å². The molecule has 2 aliphatic rings. The molecule has 1 saturated carbocycles. The van der Waals surface area contributed by atoms with Crippen molar-refractivity contribution in [3.05, 3.63) is 30.3 Å². The van der Waals surface area contributed by atoms with Crippen LogP contribution in [0.3, 0.4) is 0 Å². The van der Waals surface area contributed by atoms with E-state index < -0.39 is 30.3 Å². The molecule has 148 valence electrons. The van der Waals surface area contributed by atoms with Crippen LogP contribution in [0.4, 0.5) is 0 Å². The fraction of sp³-hybridized carbons (Fsp3) is 0.619. The second-order valence-corrected chi connectivity index (χ2v) is 7.53. The van der Waals surface area contributed by atoms with Crippen LogP contribution in [0.1, 0.15) is 51.9 Å². The molecule has 0 bridgehead atoms. The number of ether oxygens (including phenoxy) is 3. The lowest BCUT2D eigenvalue weighted by Crippen LogP contribution is -2.46. The van der Waals surface area contributed by atoms with Crippen LogP contribution in [-0.4, -0.2) is 36.3 Å². The van der Waals surface area contributed by atoms with Gasteiger partial charge in [0.2, 0.25) is 0 Å². The number of carbonyl (C=O) groups is 2. The summed E-state index contributed by atoms with van der Waals surface area (Å²) in [5.74, 6) is -0.0398. The molecular formula is C21H29NO5. The molecule has 3 rings (SSSR count). The fourth-order valence-corrected chi connectivity index (χ4v) is 3.82. The van der Waals surface area contributed by atoms with Gasteiger partial charge in [-0.1, -0.05) is 31.0 Å². The lowest BCUT2D eigenvalue weighted by atomic mass is 10.0. The Bertz CT molecular complexity index is 629. The Morgan fingerprint density at radius 2 is 1.78 bits per heavy atom. The lowest BCUT2D eigenvalue weighted by Gasteiger charge is -2.31. The number of nitrogens with two attached hydrogens (primary N) is 1. The normalized spacial score (nSPS) is 29.9. The largest absolute Gasteiger partial charge is 0.486 e. The Labute approximate surface area is 160 Å². The molecule has 0 unspecified atom stereocenters. The number of rotatable bonds is 4. The number of cyclic esters (lactones) is 1. The van der Waals surface area contributed by atoms with Crippen LogP contribution >= 0.6 is 0 Å². The third kappa shape index (κ3) is 5.22. The van der Waals surface area contributed by atoms with Crippen LogP contribution in [0, 0.1) is 5.92 Å². The van der Waals surface area contributed by atoms with Crippen LogP contribution in [0.15, 0.2) is 30.3 Å². The van der Waals surface area contributed by atoms with Crippen molar-refractivity contribution in [2.75, 3.05) is 0 Å². The summed E-state index contributed by atoms with van der Waals surface area (Å²) >= 11 is 0. The van der Waals surface area contributed by atoms with Gasteiger partial charge >= 0.3 is 11.9 Å². The third-order valence-corrected chi connectivity index (χ3v) is 5.41. The fourth-order valence-electron chi connectivity index (χ4n) is 3.82. The van der Waals surface area contributed by atoms with Gasteiger partial charge in [0.15, 0.2) is 6.10 Å². The number of para-hydroxylation sites is 1. The predicted octanol–water partition coefficient (Wildman–Crippen LogP) is 2.98. The molecule has 1 aliphatic carbocycles. The molecule has 27 heavy (non-hydrogen) atoms. The minimum Gasteiger partial charge on any atom is -0.486 e. The van der Waals surface area contributed by atoms with Crippen LogP contribution in [0.25, 0.3) is 0 Å². The van der Waals surface area contributed by atoms with Gasteiger partial charge in [0.1, 0.15) is 24.0 Å². The molecule has 0 aromatic heterocycles.